The summed E-state index contributed by atoms with van der Waals surface area (Å²) in [6, 6.07) is 70.3. The Kier molecular flexibility index (Phi) is 9.48. The van der Waals surface area contributed by atoms with Crippen molar-refractivity contribution in [1.82, 2.24) is 24.1 Å². The highest BCUT2D eigenvalue weighted by Gasteiger charge is 2.25. The van der Waals surface area contributed by atoms with Gasteiger partial charge in [-0.05, 0) is 76.7 Å². The SMILES string of the molecule is C=Cc1c(/C=C\C)n(-c2nc(-c3ccccc3)nc(-c3cccc(-c4cccc(-c5ccccc5-c5ccccc5)c4)c3)n2)c2c1ccc1c3ccccc3n(-c3ccccc3)c12. The molecule has 0 amide bonds. The van der Waals surface area contributed by atoms with E-state index in [0.29, 0.717) is 17.6 Å². The van der Waals surface area contributed by atoms with Crippen LogP contribution in [0.25, 0.3) is 113 Å². The molecule has 3 aromatic heterocycles. The van der Waals surface area contributed by atoms with Crippen LogP contribution < -0.4 is 0 Å². The Morgan fingerprint density at radius 1 is 0.429 bits per heavy atom. The topological polar surface area (TPSA) is 48.5 Å². The average molecular weight is 808 g/mol. The van der Waals surface area contributed by atoms with E-state index in [4.69, 9.17) is 15.0 Å². The molecule has 0 aliphatic heterocycles. The predicted octanol–water partition coefficient (Wildman–Crippen LogP) is 14.9. The number of allylic oxidation sites excluding steroid dienone is 1. The minimum Gasteiger partial charge on any atom is -0.307 e. The third-order valence-corrected chi connectivity index (χ3v) is 11.9. The van der Waals surface area contributed by atoms with E-state index in [9.17, 15) is 0 Å². The third kappa shape index (κ3) is 6.55. The molecule has 5 nitrogen and oxygen atoms in total. The zero-order chi connectivity index (χ0) is 42.3. The van der Waals surface area contributed by atoms with Gasteiger partial charge in [0.1, 0.15) is 0 Å². The second-order valence-corrected chi connectivity index (χ2v) is 15.6. The molecule has 0 N–H and O–H groups in total. The number of para-hydroxylation sites is 2. The minimum absolute atomic E-state index is 0.521. The van der Waals surface area contributed by atoms with Crippen molar-refractivity contribution in [3.8, 4) is 67.8 Å². The van der Waals surface area contributed by atoms with Crippen LogP contribution in [0.2, 0.25) is 0 Å². The first-order chi connectivity index (χ1) is 31.2. The van der Waals surface area contributed by atoms with Crippen LogP contribution in [0, 0.1) is 0 Å². The lowest BCUT2D eigenvalue weighted by Gasteiger charge is -2.14. The fourth-order valence-corrected chi connectivity index (χ4v) is 9.07. The number of hydrogen-bond donors (Lipinski definition) is 0. The Labute approximate surface area is 366 Å². The van der Waals surface area contributed by atoms with E-state index < -0.39 is 0 Å². The quantitative estimate of drug-likeness (QED) is 0.146. The van der Waals surface area contributed by atoms with Crippen molar-refractivity contribution in [3.05, 3.63) is 224 Å². The monoisotopic (exact) mass is 807 g/mol. The number of aromatic nitrogens is 5. The van der Waals surface area contributed by atoms with Crippen LogP contribution in [-0.4, -0.2) is 24.1 Å². The maximum Gasteiger partial charge on any atom is 0.238 e. The van der Waals surface area contributed by atoms with Crippen molar-refractivity contribution < 1.29 is 0 Å². The van der Waals surface area contributed by atoms with Crippen LogP contribution >= 0.6 is 0 Å². The van der Waals surface area contributed by atoms with Gasteiger partial charge in [-0.25, -0.2) is 4.98 Å². The fourth-order valence-electron chi connectivity index (χ4n) is 9.07. The van der Waals surface area contributed by atoms with Gasteiger partial charge in [0.05, 0.1) is 22.2 Å². The molecule has 0 aliphatic rings. The highest BCUT2D eigenvalue weighted by molar-refractivity contribution is 6.19. The Morgan fingerprint density at radius 3 is 1.65 bits per heavy atom. The summed E-state index contributed by atoms with van der Waals surface area (Å²) < 4.78 is 4.58. The van der Waals surface area contributed by atoms with Gasteiger partial charge >= 0.3 is 0 Å². The summed E-state index contributed by atoms with van der Waals surface area (Å²) in [5.41, 5.74) is 14.9. The molecule has 0 radical (unpaired) electrons. The Morgan fingerprint density at radius 2 is 0.952 bits per heavy atom. The largest absolute Gasteiger partial charge is 0.307 e. The zero-order valence-corrected chi connectivity index (χ0v) is 34.7. The third-order valence-electron chi connectivity index (χ3n) is 11.9. The van der Waals surface area contributed by atoms with Gasteiger partial charge in [0, 0.05) is 38.5 Å². The van der Waals surface area contributed by atoms with E-state index in [2.05, 4.69) is 210 Å². The second kappa shape index (κ2) is 15.9. The summed E-state index contributed by atoms with van der Waals surface area (Å²) in [4.78, 5) is 15.9. The molecule has 0 bridgehead atoms. The van der Waals surface area contributed by atoms with Gasteiger partial charge in [-0.3, -0.25) is 4.57 Å². The second-order valence-electron chi connectivity index (χ2n) is 15.6. The molecule has 0 saturated carbocycles. The smallest absolute Gasteiger partial charge is 0.238 e. The average Bonchev–Trinajstić information content (AvgIpc) is 3.87. The maximum absolute atomic E-state index is 5.41. The number of hydrogen-bond acceptors (Lipinski definition) is 3. The van der Waals surface area contributed by atoms with Crippen LogP contribution in [-0.2, 0) is 0 Å². The van der Waals surface area contributed by atoms with Crippen molar-refractivity contribution in [2.75, 3.05) is 0 Å². The highest BCUT2D eigenvalue weighted by Crippen LogP contribution is 2.42. The first-order valence-corrected chi connectivity index (χ1v) is 21.3. The van der Waals surface area contributed by atoms with E-state index >= 15 is 0 Å². The summed E-state index contributed by atoms with van der Waals surface area (Å²) in [5.74, 6) is 1.69. The van der Waals surface area contributed by atoms with Gasteiger partial charge in [-0.2, -0.15) is 9.97 Å². The summed E-state index contributed by atoms with van der Waals surface area (Å²) >= 11 is 0. The zero-order valence-electron chi connectivity index (χ0n) is 34.7. The molecule has 0 saturated heterocycles. The Hall–Kier alpha value is -8.41. The minimum atomic E-state index is 0.521. The Balaban J connectivity index is 1.14. The number of benzene rings is 8. The van der Waals surface area contributed by atoms with Crippen molar-refractivity contribution in [1.29, 1.82) is 0 Å². The van der Waals surface area contributed by atoms with E-state index in [-0.39, 0.29) is 0 Å². The predicted molar refractivity (Wildman–Crippen MR) is 263 cm³/mol. The van der Waals surface area contributed by atoms with E-state index in [1.54, 1.807) is 0 Å². The van der Waals surface area contributed by atoms with Crippen LogP contribution in [0.1, 0.15) is 18.2 Å². The van der Waals surface area contributed by atoms with E-state index in [1.807, 2.05) is 31.2 Å². The first kappa shape index (κ1) is 37.6. The normalized spacial score (nSPS) is 11.6. The molecule has 11 aromatic rings. The van der Waals surface area contributed by atoms with Crippen LogP contribution in [0.4, 0.5) is 0 Å². The van der Waals surface area contributed by atoms with Gasteiger partial charge < -0.3 is 4.57 Å². The molecule has 0 unspecified atom stereocenters. The lowest BCUT2D eigenvalue weighted by Crippen LogP contribution is -2.08. The van der Waals surface area contributed by atoms with Crippen LogP contribution in [0.5, 0.6) is 0 Å². The molecular weight excluding hydrogens is 767 g/mol. The molecule has 3 heterocycles. The summed E-state index contributed by atoms with van der Waals surface area (Å²) in [6.45, 7) is 6.38. The Bertz CT molecular complexity index is 3520. The van der Waals surface area contributed by atoms with E-state index in [1.165, 1.54) is 22.1 Å². The van der Waals surface area contributed by atoms with Gasteiger partial charge in [0.25, 0.3) is 0 Å². The lowest BCUT2D eigenvalue weighted by molar-refractivity contribution is 0.926. The van der Waals surface area contributed by atoms with Crippen molar-refractivity contribution >= 4 is 44.9 Å². The van der Waals surface area contributed by atoms with Gasteiger partial charge in [-0.1, -0.05) is 189 Å². The summed E-state index contributed by atoms with van der Waals surface area (Å²) in [6.07, 6.45) is 6.15. The molecule has 8 aromatic carbocycles. The van der Waals surface area contributed by atoms with Crippen LogP contribution in [0.15, 0.2) is 213 Å². The molecule has 63 heavy (non-hydrogen) atoms. The van der Waals surface area contributed by atoms with Gasteiger partial charge in [-0.15, -0.1) is 0 Å². The fraction of sp³-hybridized carbons (Fsp3) is 0.0172. The standard InChI is InChI=1S/C58H41N5/c1-3-20-52-46(4-2)50-35-36-51-49-33-16-17-34-53(49)62(45-29-12-7-13-30-45)54(51)55(50)63(52)58-60-56(40-23-10-6-11-24-40)59-57(61-58)44-28-19-26-42(38-44)41-25-18-27-43(37-41)48-32-15-14-31-47(48)39-21-8-5-9-22-39/h3-38H,2H2,1H3/b20-3-. The summed E-state index contributed by atoms with van der Waals surface area (Å²) in [7, 11) is 0. The molecule has 0 fully saturated rings. The van der Waals surface area contributed by atoms with Crippen molar-refractivity contribution in [2.24, 2.45) is 0 Å². The molecule has 0 spiro atoms. The molecular formula is C58H41N5. The lowest BCUT2D eigenvalue weighted by atomic mass is 9.92. The molecule has 0 aliphatic carbocycles. The number of rotatable bonds is 9. The van der Waals surface area contributed by atoms with Crippen molar-refractivity contribution in [3.63, 3.8) is 0 Å². The molecule has 5 heteroatoms. The van der Waals surface area contributed by atoms with Crippen molar-refractivity contribution in [2.45, 2.75) is 6.92 Å². The maximum atomic E-state index is 5.41. The van der Waals surface area contributed by atoms with E-state index in [0.717, 1.165) is 72.1 Å². The number of fused-ring (bicyclic) bond motifs is 5. The van der Waals surface area contributed by atoms with Gasteiger partial charge in [0.2, 0.25) is 5.95 Å². The molecule has 298 valence electrons. The molecule has 0 atom stereocenters. The first-order valence-electron chi connectivity index (χ1n) is 21.3. The van der Waals surface area contributed by atoms with Gasteiger partial charge in [0.15, 0.2) is 11.6 Å². The summed E-state index contributed by atoms with van der Waals surface area (Å²) in [5, 5.41) is 3.37. The number of nitrogens with zero attached hydrogens (tertiary/aromatic N) is 5. The van der Waals surface area contributed by atoms with Crippen LogP contribution in [0.3, 0.4) is 0 Å². The molecule has 11 rings (SSSR count). The highest BCUT2D eigenvalue weighted by atomic mass is 15.2.